The molecule has 4 rings (SSSR count). The van der Waals surface area contributed by atoms with E-state index < -0.39 is 102 Å². The summed E-state index contributed by atoms with van der Waals surface area (Å²) in [5, 5.41) is 1.99. The Morgan fingerprint density at radius 2 is 1.91 bits per heavy atom. The summed E-state index contributed by atoms with van der Waals surface area (Å²) in [6.07, 6.45) is 0. The van der Waals surface area contributed by atoms with E-state index in [0.29, 0.717) is 0 Å². The molecule has 2 aromatic rings. The predicted molar refractivity (Wildman–Crippen MR) is 96.4 cm³/mol. The molecule has 23 heavy (non-hydrogen) atoms. The van der Waals surface area contributed by atoms with Gasteiger partial charge in [-0.25, -0.2) is 4.99 Å². The van der Waals surface area contributed by atoms with Crippen molar-refractivity contribution in [3.63, 3.8) is 0 Å². The summed E-state index contributed by atoms with van der Waals surface area (Å²) in [6, 6.07) is -5.17. The number of benzene rings is 2. The normalized spacial score (nSPS) is 35.8. The van der Waals surface area contributed by atoms with Crippen molar-refractivity contribution in [3.8, 4) is 0 Å². The molecule has 0 atom stereocenters. The summed E-state index contributed by atoms with van der Waals surface area (Å²) < 4.78 is 126. The average Bonchev–Trinajstić information content (AvgIpc) is 2.99. The Morgan fingerprint density at radius 1 is 1.13 bits per heavy atom. The second-order valence-corrected chi connectivity index (χ2v) is 4.94. The van der Waals surface area contributed by atoms with Crippen LogP contribution in [-0.2, 0) is 0 Å². The van der Waals surface area contributed by atoms with Crippen molar-refractivity contribution in [1.29, 1.82) is 0 Å². The van der Waals surface area contributed by atoms with E-state index in [4.69, 9.17) is 32.2 Å². The molecule has 2 heterocycles. The highest BCUT2D eigenvalue weighted by atomic mass is 35.5. The van der Waals surface area contributed by atoms with Gasteiger partial charge in [-0.05, 0) is 37.3 Å². The van der Waals surface area contributed by atoms with Crippen LogP contribution in [0.4, 0.5) is 17.1 Å². The SMILES string of the molecule is [2H]c1c([2H])c([2H])c2c(c1[2H])Nc1c([2H])c([2H])c(Cl)c([2H])c1N=C2N1C([2H])([2H])C([2H])([2H])N(C)C([2H])([2H])C1([2H])[2H]. The monoisotopic (exact) mass is 341 g/mol. The van der Waals surface area contributed by atoms with Gasteiger partial charge >= 0.3 is 0 Å². The van der Waals surface area contributed by atoms with E-state index in [2.05, 4.69) is 10.3 Å². The van der Waals surface area contributed by atoms with E-state index in [1.54, 1.807) is 0 Å². The Labute approximate surface area is 162 Å². The summed E-state index contributed by atoms with van der Waals surface area (Å²) in [7, 11) is 0.850. The van der Waals surface area contributed by atoms with Crippen LogP contribution in [0.5, 0.6) is 0 Å². The van der Waals surface area contributed by atoms with Gasteiger partial charge in [0, 0.05) is 47.7 Å². The van der Waals surface area contributed by atoms with Crippen LogP contribution in [0.2, 0.25) is 5.02 Å². The molecule has 0 aromatic heterocycles. The number of anilines is 2. The van der Waals surface area contributed by atoms with Crippen LogP contribution in [0, 0.1) is 0 Å². The van der Waals surface area contributed by atoms with Crippen LogP contribution >= 0.6 is 11.6 Å². The third-order valence-corrected chi connectivity index (χ3v) is 3.20. The fraction of sp³-hybridized carbons (Fsp3) is 0.278. The largest absolute Gasteiger partial charge is 0.353 e. The average molecular weight is 342 g/mol. The van der Waals surface area contributed by atoms with Crippen molar-refractivity contribution in [2.45, 2.75) is 0 Å². The maximum Gasteiger partial charge on any atom is 0.138 e. The van der Waals surface area contributed by atoms with Gasteiger partial charge in [-0.1, -0.05) is 23.7 Å². The molecule has 0 saturated carbocycles. The van der Waals surface area contributed by atoms with Gasteiger partial charge in [-0.3, -0.25) is 0 Å². The Kier molecular flexibility index (Phi) is 1.40. The van der Waals surface area contributed by atoms with Gasteiger partial charge in [0.15, 0.2) is 0 Å². The van der Waals surface area contributed by atoms with Gasteiger partial charge in [0.25, 0.3) is 0 Å². The van der Waals surface area contributed by atoms with Gasteiger partial charge in [-0.2, -0.15) is 0 Å². The molecule has 1 fully saturated rings. The lowest BCUT2D eigenvalue weighted by atomic mass is 10.1. The van der Waals surface area contributed by atoms with Crippen molar-refractivity contribution in [2.24, 2.45) is 4.99 Å². The minimum absolute atomic E-state index is 0.0156. The minimum atomic E-state index is -3.43. The number of piperazine rings is 1. The van der Waals surface area contributed by atoms with E-state index in [1.807, 2.05) is 0 Å². The lowest BCUT2D eigenvalue weighted by Gasteiger charge is -2.34. The summed E-state index contributed by atoms with van der Waals surface area (Å²) in [5.41, 5.74) is -2.19. The van der Waals surface area contributed by atoms with Crippen LogP contribution in [0.1, 0.15) is 26.1 Å². The van der Waals surface area contributed by atoms with Gasteiger partial charge in [0.2, 0.25) is 0 Å². The molecule has 0 amide bonds. The molecule has 0 aliphatic carbocycles. The first kappa shape index (κ1) is 5.50. The number of rotatable bonds is 0. The molecular weight excluding hydrogens is 308 g/mol. The highest BCUT2D eigenvalue weighted by Gasteiger charge is 2.23. The van der Waals surface area contributed by atoms with Crippen LogP contribution in [-0.4, -0.2) is 48.7 Å². The van der Waals surface area contributed by atoms with E-state index in [1.165, 1.54) is 0 Å². The molecule has 0 radical (unpaired) electrons. The number of fused-ring (bicyclic) bond motifs is 2. The zero-order valence-corrected chi connectivity index (χ0v) is 12.5. The Balaban J connectivity index is 2.25. The van der Waals surface area contributed by atoms with Crippen molar-refractivity contribution in [3.05, 3.63) is 52.9 Å². The molecule has 4 nitrogen and oxygen atoms in total. The number of amidine groups is 1. The highest BCUT2D eigenvalue weighted by Crippen LogP contribution is 2.36. The van der Waals surface area contributed by atoms with Crippen LogP contribution in [0.25, 0.3) is 0 Å². The molecule has 118 valence electrons. The first-order chi connectivity index (χ1) is 17.2. The quantitative estimate of drug-likeness (QED) is 0.792. The van der Waals surface area contributed by atoms with Gasteiger partial charge in [0.1, 0.15) is 5.84 Å². The minimum Gasteiger partial charge on any atom is -0.353 e. The standard InChI is InChI=1S/C18H19ClN4/c1-22-8-10-23(11-9-22)18-14-4-2-3-5-15(14)20-16-7-6-13(19)12-17(16)21-18/h2-7,12,20H,8-11H2,1H3/i2D,3D,4D,5D,6D,7D,8D2,9D2,10D2,11D2,12D. The first-order valence-electron chi connectivity index (χ1n) is 14.0. The second-order valence-electron chi connectivity index (χ2n) is 4.56. The van der Waals surface area contributed by atoms with Crippen molar-refractivity contribution < 1.29 is 20.6 Å². The maximum atomic E-state index is 8.61. The maximum absolute atomic E-state index is 8.61. The van der Waals surface area contributed by atoms with Crippen molar-refractivity contribution in [1.82, 2.24) is 9.80 Å². The fourth-order valence-electron chi connectivity index (χ4n) is 1.98. The number of likely N-dealkylation sites (N-methyl/N-ethyl adjacent to an activating group) is 1. The topological polar surface area (TPSA) is 30.9 Å². The summed E-state index contributed by atoms with van der Waals surface area (Å²) in [6.45, 7) is -13.3. The lowest BCUT2D eigenvalue weighted by Crippen LogP contribution is -2.47. The molecule has 2 aliphatic heterocycles. The predicted octanol–water partition coefficient (Wildman–Crippen LogP) is 3.72. The molecule has 5 heteroatoms. The lowest BCUT2D eigenvalue weighted by molar-refractivity contribution is 0.216. The van der Waals surface area contributed by atoms with E-state index in [0.717, 1.165) is 7.05 Å². The molecule has 2 aliphatic rings. The molecule has 0 spiro atoms. The number of aliphatic imine (C=N–C) groups is 1. The van der Waals surface area contributed by atoms with Gasteiger partial charge in [0.05, 0.1) is 26.5 Å². The number of hydrogen-bond acceptors (Lipinski definition) is 4. The first-order valence-corrected chi connectivity index (χ1v) is 6.83. The van der Waals surface area contributed by atoms with E-state index in [9.17, 15) is 0 Å². The van der Waals surface area contributed by atoms with Crippen LogP contribution < -0.4 is 5.32 Å². The number of nitrogens with one attached hydrogen (secondary N) is 1. The third kappa shape index (κ3) is 2.80. The smallest absolute Gasteiger partial charge is 0.138 e. The summed E-state index contributed by atoms with van der Waals surface area (Å²) >= 11 is 6.04. The molecular formula is C18H19ClN4. The van der Waals surface area contributed by atoms with Crippen molar-refractivity contribution in [2.75, 3.05) is 38.4 Å². The zero-order valence-electron chi connectivity index (χ0n) is 26.7. The number of para-hydroxylation sites is 1. The number of halogens is 1. The van der Waals surface area contributed by atoms with Gasteiger partial charge in [-0.15, -0.1) is 0 Å². The third-order valence-electron chi connectivity index (χ3n) is 3.01. The second kappa shape index (κ2) is 5.87. The Morgan fingerprint density at radius 3 is 2.74 bits per heavy atom. The number of hydrogen-bond donors (Lipinski definition) is 1. The zero-order chi connectivity index (χ0) is 29.1. The van der Waals surface area contributed by atoms with E-state index >= 15 is 0 Å². The number of nitrogens with zero attached hydrogens (tertiary/aromatic N) is 3. The van der Waals surface area contributed by atoms with E-state index in [-0.39, 0.29) is 9.80 Å². The van der Waals surface area contributed by atoms with Crippen LogP contribution in [0.3, 0.4) is 0 Å². The molecule has 0 bridgehead atoms. The molecule has 0 unspecified atom stereocenters. The molecule has 2 aromatic carbocycles. The molecule has 1 saturated heterocycles. The summed E-state index contributed by atoms with van der Waals surface area (Å²) in [5.74, 6) is -0.976. The van der Waals surface area contributed by atoms with Crippen molar-refractivity contribution >= 4 is 34.5 Å². The Hall–Kier alpha value is -2.04. The Bertz CT molecular complexity index is 1400. The fourth-order valence-corrected chi connectivity index (χ4v) is 2.12. The summed E-state index contributed by atoms with van der Waals surface area (Å²) in [4.78, 5) is 4.37. The van der Waals surface area contributed by atoms with Gasteiger partial charge < -0.3 is 15.1 Å². The highest BCUT2D eigenvalue weighted by molar-refractivity contribution is 6.31. The van der Waals surface area contributed by atoms with Crippen LogP contribution in [0.15, 0.2) is 47.3 Å². The molecule has 1 N–H and O–H groups in total.